The number of nitrogens with one attached hydrogen (secondary N) is 2. The van der Waals surface area contributed by atoms with Crippen LogP contribution in [0.25, 0.3) is 0 Å². The van der Waals surface area contributed by atoms with Crippen LogP contribution >= 0.6 is 0 Å². The number of carbonyl (C=O) groups is 2. The molecule has 0 fully saturated rings. The summed E-state index contributed by atoms with van der Waals surface area (Å²) >= 11 is 0. The zero-order chi connectivity index (χ0) is 19.4. The molecule has 0 aliphatic heterocycles. The fourth-order valence-corrected chi connectivity index (χ4v) is 2.50. The van der Waals surface area contributed by atoms with Gasteiger partial charge in [0.05, 0.1) is 18.1 Å². The van der Waals surface area contributed by atoms with Gasteiger partial charge in [-0.25, -0.2) is 4.68 Å². The normalized spacial score (nSPS) is 10.8. The van der Waals surface area contributed by atoms with Crippen molar-refractivity contribution in [3.8, 4) is 0 Å². The van der Waals surface area contributed by atoms with Crippen molar-refractivity contribution >= 4 is 17.5 Å². The van der Waals surface area contributed by atoms with E-state index >= 15 is 0 Å². The molecular formula is C16H20N8O3. The Morgan fingerprint density at radius 3 is 2.70 bits per heavy atom. The first-order valence-electron chi connectivity index (χ1n) is 8.09. The molecule has 0 aliphatic rings. The van der Waals surface area contributed by atoms with E-state index in [2.05, 4.69) is 25.9 Å². The molecule has 2 amide bonds. The minimum atomic E-state index is -0.445. The third-order valence-electron chi connectivity index (χ3n) is 3.75. The van der Waals surface area contributed by atoms with Crippen molar-refractivity contribution in [2.75, 3.05) is 12.4 Å². The summed E-state index contributed by atoms with van der Waals surface area (Å²) in [7, 11) is 4.96. The molecule has 11 heteroatoms. The average Bonchev–Trinajstić information content (AvgIpc) is 3.34. The Balaban J connectivity index is 1.69. The Bertz CT molecular complexity index is 955. The number of nitrogens with zero attached hydrogens (tertiary/aromatic N) is 6. The number of hydrogen-bond acceptors (Lipinski definition) is 6. The molecule has 3 aromatic rings. The molecule has 3 heterocycles. The van der Waals surface area contributed by atoms with Crippen LogP contribution in [0.5, 0.6) is 0 Å². The summed E-state index contributed by atoms with van der Waals surface area (Å²) < 4.78 is 9.49. The number of aromatic nitrogens is 6. The van der Waals surface area contributed by atoms with Crippen LogP contribution in [0.15, 0.2) is 30.9 Å². The van der Waals surface area contributed by atoms with E-state index in [9.17, 15) is 9.59 Å². The van der Waals surface area contributed by atoms with Gasteiger partial charge in [0.1, 0.15) is 12.4 Å². The quantitative estimate of drug-likeness (QED) is 0.608. The molecule has 0 unspecified atom stereocenters. The highest BCUT2D eigenvalue weighted by Crippen LogP contribution is 2.15. The number of aryl methyl sites for hydroxylation is 2. The molecule has 11 nitrogen and oxygen atoms in total. The lowest BCUT2D eigenvalue weighted by atomic mass is 10.3. The van der Waals surface area contributed by atoms with E-state index in [4.69, 9.17) is 4.74 Å². The van der Waals surface area contributed by atoms with Crippen LogP contribution in [0.1, 0.15) is 26.5 Å². The number of anilines is 1. The van der Waals surface area contributed by atoms with Gasteiger partial charge in [0.2, 0.25) is 0 Å². The van der Waals surface area contributed by atoms with Crippen molar-refractivity contribution in [1.29, 1.82) is 0 Å². The van der Waals surface area contributed by atoms with Crippen molar-refractivity contribution < 1.29 is 14.3 Å². The summed E-state index contributed by atoms with van der Waals surface area (Å²) in [6.07, 6.45) is 6.53. The minimum Gasteiger partial charge on any atom is -0.362 e. The first-order valence-corrected chi connectivity index (χ1v) is 8.09. The maximum Gasteiger partial charge on any atom is 0.276 e. The Kier molecular flexibility index (Phi) is 5.31. The van der Waals surface area contributed by atoms with Gasteiger partial charge in [0.15, 0.2) is 5.69 Å². The Hall–Kier alpha value is -3.47. The van der Waals surface area contributed by atoms with Gasteiger partial charge in [0.25, 0.3) is 11.8 Å². The predicted molar refractivity (Wildman–Crippen MR) is 94.8 cm³/mol. The van der Waals surface area contributed by atoms with Gasteiger partial charge in [-0.15, -0.1) is 0 Å². The summed E-state index contributed by atoms with van der Waals surface area (Å²) in [6.45, 7) is 0.550. The molecule has 0 aliphatic carbocycles. The number of ether oxygens (including phenoxy) is 1. The molecule has 0 saturated heterocycles. The van der Waals surface area contributed by atoms with Gasteiger partial charge in [-0.1, -0.05) is 0 Å². The summed E-state index contributed by atoms with van der Waals surface area (Å²) in [5.74, 6) is -0.807. The summed E-state index contributed by atoms with van der Waals surface area (Å²) in [5.41, 5.74) is 1.61. The topological polar surface area (TPSA) is 121 Å². The predicted octanol–water partition coefficient (Wildman–Crippen LogP) is 0.136. The number of hydrogen-bond donors (Lipinski definition) is 2. The van der Waals surface area contributed by atoms with Crippen molar-refractivity contribution in [2.24, 2.45) is 14.1 Å². The second-order valence-electron chi connectivity index (χ2n) is 5.85. The molecule has 142 valence electrons. The van der Waals surface area contributed by atoms with E-state index in [1.54, 1.807) is 37.2 Å². The minimum absolute atomic E-state index is 0.206. The van der Waals surface area contributed by atoms with E-state index in [0.717, 1.165) is 5.56 Å². The third-order valence-corrected chi connectivity index (χ3v) is 3.75. The van der Waals surface area contributed by atoms with Crippen LogP contribution < -0.4 is 10.6 Å². The SMILES string of the molecule is COCn1ccc(C(=O)Nc2cnn(C)c2C(=O)NCc2cnn(C)c2)n1. The zero-order valence-electron chi connectivity index (χ0n) is 15.2. The number of methoxy groups -OCH3 is 1. The first kappa shape index (κ1) is 18.3. The fourth-order valence-electron chi connectivity index (χ4n) is 2.50. The second-order valence-corrected chi connectivity index (χ2v) is 5.85. The van der Waals surface area contributed by atoms with Gasteiger partial charge in [-0.2, -0.15) is 15.3 Å². The number of carbonyl (C=O) groups excluding carboxylic acids is 2. The van der Waals surface area contributed by atoms with E-state index in [-0.39, 0.29) is 24.0 Å². The maximum atomic E-state index is 12.5. The highest BCUT2D eigenvalue weighted by atomic mass is 16.5. The molecule has 0 atom stereocenters. The number of rotatable bonds is 7. The third kappa shape index (κ3) is 4.20. The van der Waals surface area contributed by atoms with Crippen molar-refractivity contribution in [2.45, 2.75) is 13.3 Å². The molecule has 0 saturated carbocycles. The Morgan fingerprint density at radius 1 is 1.19 bits per heavy atom. The van der Waals surface area contributed by atoms with Crippen LogP contribution in [-0.2, 0) is 32.1 Å². The Labute approximate surface area is 154 Å². The Morgan fingerprint density at radius 2 is 2.00 bits per heavy atom. The molecule has 2 N–H and O–H groups in total. The molecule has 3 aromatic heterocycles. The van der Waals surface area contributed by atoms with E-state index < -0.39 is 5.91 Å². The molecule has 0 spiro atoms. The molecular weight excluding hydrogens is 352 g/mol. The molecule has 0 bridgehead atoms. The highest BCUT2D eigenvalue weighted by molar-refractivity contribution is 6.07. The van der Waals surface area contributed by atoms with E-state index in [0.29, 0.717) is 12.2 Å². The monoisotopic (exact) mass is 372 g/mol. The van der Waals surface area contributed by atoms with Crippen LogP contribution in [0.2, 0.25) is 0 Å². The zero-order valence-corrected chi connectivity index (χ0v) is 15.2. The van der Waals surface area contributed by atoms with Gasteiger partial charge in [-0.05, 0) is 6.07 Å². The lowest BCUT2D eigenvalue weighted by Crippen LogP contribution is -2.26. The van der Waals surface area contributed by atoms with Gasteiger partial charge in [0, 0.05) is 45.7 Å². The van der Waals surface area contributed by atoms with Crippen LogP contribution in [-0.4, -0.2) is 48.3 Å². The van der Waals surface area contributed by atoms with Crippen molar-refractivity contribution in [3.63, 3.8) is 0 Å². The lowest BCUT2D eigenvalue weighted by Gasteiger charge is -2.08. The number of amides is 2. The standard InChI is InChI=1S/C16H20N8O3/c1-22-9-11(7-18-22)6-17-16(26)14-13(8-19-23(14)2)20-15(25)12-4-5-24(21-12)10-27-3/h4-5,7-9H,6,10H2,1-3H3,(H,17,26)(H,20,25). The van der Waals surface area contributed by atoms with Gasteiger partial charge in [-0.3, -0.25) is 19.0 Å². The molecule has 27 heavy (non-hydrogen) atoms. The van der Waals surface area contributed by atoms with Gasteiger partial charge < -0.3 is 15.4 Å². The van der Waals surface area contributed by atoms with Crippen molar-refractivity contribution in [1.82, 2.24) is 34.7 Å². The fraction of sp³-hybridized carbons (Fsp3) is 0.312. The largest absolute Gasteiger partial charge is 0.362 e. The lowest BCUT2D eigenvalue weighted by molar-refractivity contribution is 0.0942. The summed E-state index contributed by atoms with van der Waals surface area (Å²) in [4.78, 5) is 24.9. The molecule has 3 rings (SSSR count). The smallest absolute Gasteiger partial charge is 0.276 e. The van der Waals surface area contributed by atoms with E-state index in [1.807, 2.05) is 6.20 Å². The van der Waals surface area contributed by atoms with Crippen LogP contribution in [0.3, 0.4) is 0 Å². The summed E-state index contributed by atoms with van der Waals surface area (Å²) in [5, 5.41) is 17.7. The molecule has 0 radical (unpaired) electrons. The summed E-state index contributed by atoms with van der Waals surface area (Å²) in [6, 6.07) is 1.56. The first-order chi connectivity index (χ1) is 13.0. The maximum absolute atomic E-state index is 12.5. The van der Waals surface area contributed by atoms with Crippen molar-refractivity contribution in [3.05, 3.63) is 47.8 Å². The van der Waals surface area contributed by atoms with Crippen LogP contribution in [0, 0.1) is 0 Å². The van der Waals surface area contributed by atoms with Gasteiger partial charge >= 0.3 is 0 Å². The highest BCUT2D eigenvalue weighted by Gasteiger charge is 2.20. The molecule has 0 aromatic carbocycles. The second kappa shape index (κ2) is 7.83. The van der Waals surface area contributed by atoms with E-state index in [1.165, 1.54) is 22.7 Å². The van der Waals surface area contributed by atoms with Crippen LogP contribution in [0.4, 0.5) is 5.69 Å². The average molecular weight is 372 g/mol.